The molecule has 0 N–H and O–H groups in total. The first-order valence-electron chi connectivity index (χ1n) is 5.43. The maximum atomic E-state index is 13.1. The third-order valence-corrected chi connectivity index (χ3v) is 2.64. The molecule has 3 aromatic heterocycles. The Morgan fingerprint density at radius 2 is 1.72 bits per heavy atom. The molecule has 0 unspecified atom stereocenters. The van der Waals surface area contributed by atoms with Crippen molar-refractivity contribution in [3.05, 3.63) is 61.2 Å². The Labute approximate surface area is 103 Å². The van der Waals surface area contributed by atoms with Crippen LogP contribution in [-0.4, -0.2) is 9.97 Å². The van der Waals surface area contributed by atoms with E-state index >= 15 is 0 Å². The fourth-order valence-electron chi connectivity index (χ4n) is 1.76. The van der Waals surface area contributed by atoms with Crippen molar-refractivity contribution < 1.29 is 8.81 Å². The zero-order chi connectivity index (χ0) is 12.4. The summed E-state index contributed by atoms with van der Waals surface area (Å²) in [5, 5.41) is 0. The highest BCUT2D eigenvalue weighted by molar-refractivity contribution is 5.69. The summed E-state index contributed by atoms with van der Waals surface area (Å²) in [5.74, 6) is -0.511. The van der Waals surface area contributed by atoms with Crippen LogP contribution in [-0.2, 0) is 0 Å². The molecule has 0 bridgehead atoms. The van der Waals surface area contributed by atoms with Gasteiger partial charge in [-0.1, -0.05) is 0 Å². The minimum Gasteiger partial charge on any atom is -0.472 e. The highest BCUT2D eigenvalue weighted by atomic mass is 19.1. The fraction of sp³-hybridized carbons (Fsp3) is 0. The quantitative estimate of drug-likeness (QED) is 0.643. The van der Waals surface area contributed by atoms with Gasteiger partial charge in [0.2, 0.25) is 5.95 Å². The summed E-state index contributed by atoms with van der Waals surface area (Å²) in [7, 11) is 0. The van der Waals surface area contributed by atoms with E-state index < -0.39 is 5.95 Å². The van der Waals surface area contributed by atoms with Crippen molar-refractivity contribution in [1.29, 1.82) is 0 Å². The summed E-state index contributed by atoms with van der Waals surface area (Å²) in [6.45, 7) is 0. The van der Waals surface area contributed by atoms with Crippen LogP contribution in [0, 0.1) is 5.95 Å². The van der Waals surface area contributed by atoms with E-state index in [0.717, 1.165) is 11.1 Å². The molecular weight excluding hydrogens is 231 g/mol. The molecule has 0 aliphatic heterocycles. The predicted molar refractivity (Wildman–Crippen MR) is 65.1 cm³/mol. The van der Waals surface area contributed by atoms with Crippen LogP contribution in [0.2, 0.25) is 0 Å². The maximum absolute atomic E-state index is 13.1. The normalized spacial score (nSPS) is 10.5. The fourth-order valence-corrected chi connectivity index (χ4v) is 1.76. The molecule has 3 aromatic rings. The first-order chi connectivity index (χ1) is 8.83. The summed E-state index contributed by atoms with van der Waals surface area (Å²) >= 11 is 0. The van der Waals surface area contributed by atoms with Crippen LogP contribution in [0.4, 0.5) is 4.39 Å². The van der Waals surface area contributed by atoms with Gasteiger partial charge in [0, 0.05) is 29.6 Å². The number of nitrogens with zero attached hydrogens (tertiary/aromatic N) is 2. The van der Waals surface area contributed by atoms with Crippen molar-refractivity contribution in [2.75, 3.05) is 0 Å². The lowest BCUT2D eigenvalue weighted by molar-refractivity contribution is 0.568. The lowest BCUT2D eigenvalue weighted by atomic mass is 10.1. The molecule has 0 aliphatic carbocycles. The van der Waals surface area contributed by atoms with Crippen LogP contribution < -0.4 is 0 Å². The Kier molecular flexibility index (Phi) is 2.61. The highest BCUT2D eigenvalue weighted by Gasteiger charge is 2.04. The van der Waals surface area contributed by atoms with E-state index in [0.29, 0.717) is 11.3 Å². The zero-order valence-electron chi connectivity index (χ0n) is 9.38. The number of aromatic nitrogens is 2. The van der Waals surface area contributed by atoms with E-state index in [-0.39, 0.29) is 0 Å². The summed E-state index contributed by atoms with van der Waals surface area (Å²) < 4.78 is 18.1. The molecule has 0 fully saturated rings. The Bertz CT molecular complexity index is 665. The first kappa shape index (κ1) is 10.7. The average Bonchev–Trinajstić information content (AvgIpc) is 2.93. The second-order valence-electron chi connectivity index (χ2n) is 3.81. The van der Waals surface area contributed by atoms with Gasteiger partial charge in [-0.05, 0) is 29.8 Å². The lowest BCUT2D eigenvalue weighted by Gasteiger charge is -2.03. The van der Waals surface area contributed by atoms with Crippen LogP contribution in [0.3, 0.4) is 0 Å². The van der Waals surface area contributed by atoms with Crippen molar-refractivity contribution in [3.63, 3.8) is 0 Å². The van der Waals surface area contributed by atoms with Crippen LogP contribution in [0.5, 0.6) is 0 Å². The minimum atomic E-state index is -0.511. The predicted octanol–water partition coefficient (Wildman–Crippen LogP) is 3.54. The van der Waals surface area contributed by atoms with Gasteiger partial charge in [0.15, 0.2) is 0 Å². The Morgan fingerprint density at radius 3 is 2.50 bits per heavy atom. The molecule has 18 heavy (non-hydrogen) atoms. The van der Waals surface area contributed by atoms with Crippen molar-refractivity contribution in [2.45, 2.75) is 0 Å². The summed E-state index contributed by atoms with van der Waals surface area (Å²) in [5.41, 5.74) is 3.35. The number of pyridine rings is 2. The number of halogens is 1. The molecule has 0 atom stereocenters. The van der Waals surface area contributed by atoms with Crippen molar-refractivity contribution in [1.82, 2.24) is 9.97 Å². The van der Waals surface area contributed by atoms with Gasteiger partial charge >= 0.3 is 0 Å². The molecule has 0 spiro atoms. The van der Waals surface area contributed by atoms with E-state index in [1.54, 1.807) is 24.8 Å². The van der Waals surface area contributed by atoms with Gasteiger partial charge in [-0.15, -0.1) is 0 Å². The van der Waals surface area contributed by atoms with Crippen molar-refractivity contribution >= 4 is 0 Å². The van der Waals surface area contributed by atoms with E-state index in [9.17, 15) is 4.39 Å². The topological polar surface area (TPSA) is 38.9 Å². The van der Waals surface area contributed by atoms with Crippen LogP contribution in [0.1, 0.15) is 0 Å². The maximum Gasteiger partial charge on any atom is 0.213 e. The molecule has 3 heterocycles. The van der Waals surface area contributed by atoms with Gasteiger partial charge in [0.1, 0.15) is 0 Å². The van der Waals surface area contributed by atoms with E-state index in [1.165, 1.54) is 12.3 Å². The van der Waals surface area contributed by atoms with Gasteiger partial charge in [-0.25, -0.2) is 4.98 Å². The molecule has 0 amide bonds. The molecule has 0 aliphatic rings. The van der Waals surface area contributed by atoms with E-state index in [4.69, 9.17) is 4.42 Å². The molecule has 0 aromatic carbocycles. The smallest absolute Gasteiger partial charge is 0.213 e. The molecule has 3 rings (SSSR count). The van der Waals surface area contributed by atoms with E-state index in [2.05, 4.69) is 9.97 Å². The lowest BCUT2D eigenvalue weighted by Crippen LogP contribution is -1.87. The third kappa shape index (κ3) is 2.00. The summed E-state index contributed by atoms with van der Waals surface area (Å²) in [4.78, 5) is 7.76. The zero-order valence-corrected chi connectivity index (χ0v) is 9.38. The monoisotopic (exact) mass is 240 g/mol. The van der Waals surface area contributed by atoms with Gasteiger partial charge < -0.3 is 4.42 Å². The van der Waals surface area contributed by atoms with E-state index in [1.807, 2.05) is 18.2 Å². The Morgan fingerprint density at radius 1 is 0.889 bits per heavy atom. The number of furan rings is 1. The molecule has 0 saturated carbocycles. The van der Waals surface area contributed by atoms with Crippen LogP contribution in [0.15, 0.2) is 59.7 Å². The van der Waals surface area contributed by atoms with Crippen LogP contribution >= 0.6 is 0 Å². The minimum absolute atomic E-state index is 0.511. The third-order valence-electron chi connectivity index (χ3n) is 2.64. The molecule has 3 nitrogen and oxygen atoms in total. The second kappa shape index (κ2) is 4.41. The largest absolute Gasteiger partial charge is 0.472 e. The van der Waals surface area contributed by atoms with Gasteiger partial charge in [-0.2, -0.15) is 4.39 Å². The number of hydrogen-bond donors (Lipinski definition) is 0. The van der Waals surface area contributed by atoms with Crippen molar-refractivity contribution in [2.24, 2.45) is 0 Å². The van der Waals surface area contributed by atoms with Crippen molar-refractivity contribution in [3.8, 4) is 22.4 Å². The Balaban J connectivity index is 2.06. The number of hydrogen-bond acceptors (Lipinski definition) is 3. The molecular formula is C14H9FN2O. The second-order valence-corrected chi connectivity index (χ2v) is 3.81. The molecule has 0 saturated heterocycles. The Hall–Kier alpha value is -2.49. The van der Waals surface area contributed by atoms with Gasteiger partial charge in [0.25, 0.3) is 0 Å². The summed E-state index contributed by atoms with van der Waals surface area (Å²) in [6, 6.07) is 8.73. The molecule has 0 radical (unpaired) electrons. The number of rotatable bonds is 2. The molecule has 88 valence electrons. The van der Waals surface area contributed by atoms with Gasteiger partial charge in [0.05, 0.1) is 18.2 Å². The SMILES string of the molecule is Fc1cc(-c2cc(-c3ccoc3)ccn2)ccn1. The first-order valence-corrected chi connectivity index (χ1v) is 5.43. The van der Waals surface area contributed by atoms with Crippen LogP contribution in [0.25, 0.3) is 22.4 Å². The average molecular weight is 240 g/mol. The summed E-state index contributed by atoms with van der Waals surface area (Å²) in [6.07, 6.45) is 6.39. The standard InChI is InChI=1S/C14H9FN2O/c15-14-8-11(2-5-17-14)13-7-10(1-4-16-13)12-3-6-18-9-12/h1-9H. The van der Waals surface area contributed by atoms with Gasteiger partial charge in [-0.3, -0.25) is 4.98 Å². The highest BCUT2D eigenvalue weighted by Crippen LogP contribution is 2.24. The molecule has 4 heteroatoms.